The number of ether oxygens (including phenoxy) is 1. The first-order valence-electron chi connectivity index (χ1n) is 7.93. The summed E-state index contributed by atoms with van der Waals surface area (Å²) in [6.07, 6.45) is 0.429. The van der Waals surface area contributed by atoms with Crippen molar-refractivity contribution < 1.29 is 9.53 Å². The van der Waals surface area contributed by atoms with Gasteiger partial charge in [-0.05, 0) is 11.0 Å². The molecule has 0 aromatic heterocycles. The van der Waals surface area contributed by atoms with Crippen LogP contribution >= 0.6 is 11.8 Å². The molecule has 0 bridgehead atoms. The Bertz CT molecular complexity index is 659. The molecular formula is C17H19N3O2S. The van der Waals surface area contributed by atoms with E-state index in [1.165, 1.54) is 0 Å². The second kappa shape index (κ2) is 6.37. The third-order valence-electron chi connectivity index (χ3n) is 4.37. The molecule has 0 unspecified atom stereocenters. The Hall–Kier alpha value is -1.79. The Kier molecular flexibility index (Phi) is 4.10. The number of rotatable bonds is 3. The molecule has 1 atom stereocenters. The van der Waals surface area contributed by atoms with Crippen LogP contribution in [0.15, 0.2) is 46.4 Å². The van der Waals surface area contributed by atoms with Crippen LogP contribution in [0, 0.1) is 0 Å². The minimum absolute atomic E-state index is 0.0234. The molecule has 1 saturated heterocycles. The Labute approximate surface area is 140 Å². The van der Waals surface area contributed by atoms with Crippen molar-refractivity contribution >= 4 is 22.8 Å². The maximum atomic E-state index is 12.7. The van der Waals surface area contributed by atoms with Gasteiger partial charge < -0.3 is 14.5 Å². The molecule has 3 aliphatic rings. The van der Waals surface area contributed by atoms with Gasteiger partial charge in [0.15, 0.2) is 5.17 Å². The highest BCUT2D eigenvalue weighted by Gasteiger charge is 2.30. The number of carbonyl (C=O) groups excluding carboxylic acids is 1. The second-order valence-electron chi connectivity index (χ2n) is 5.83. The number of benzene rings is 1. The molecule has 120 valence electrons. The molecule has 0 saturated carbocycles. The van der Waals surface area contributed by atoms with Gasteiger partial charge in [0.25, 0.3) is 0 Å². The third-order valence-corrected chi connectivity index (χ3v) is 5.32. The van der Waals surface area contributed by atoms with Gasteiger partial charge in [0.1, 0.15) is 6.10 Å². The predicted molar refractivity (Wildman–Crippen MR) is 91.0 cm³/mol. The number of aliphatic imine (C=N–C) groups is 1. The van der Waals surface area contributed by atoms with Crippen LogP contribution in [0.25, 0.3) is 0 Å². The Morgan fingerprint density at radius 1 is 1.30 bits per heavy atom. The largest absolute Gasteiger partial charge is 0.370 e. The number of carbonyl (C=O) groups is 1. The van der Waals surface area contributed by atoms with Gasteiger partial charge in [0.2, 0.25) is 5.91 Å². The monoisotopic (exact) mass is 329 g/mol. The van der Waals surface area contributed by atoms with Gasteiger partial charge in [0.05, 0.1) is 26.1 Å². The Morgan fingerprint density at radius 2 is 2.17 bits per heavy atom. The fraction of sp³-hybridized carbons (Fsp3) is 0.412. The molecule has 0 radical (unpaired) electrons. The van der Waals surface area contributed by atoms with Crippen LogP contribution in [0.5, 0.6) is 0 Å². The van der Waals surface area contributed by atoms with Crippen molar-refractivity contribution in [3.63, 3.8) is 0 Å². The van der Waals surface area contributed by atoms with Crippen LogP contribution in [0.3, 0.4) is 0 Å². The fourth-order valence-electron chi connectivity index (χ4n) is 3.13. The first-order chi connectivity index (χ1) is 11.3. The van der Waals surface area contributed by atoms with Crippen LogP contribution in [-0.2, 0) is 9.53 Å². The van der Waals surface area contributed by atoms with Crippen LogP contribution in [-0.4, -0.2) is 53.7 Å². The molecule has 4 rings (SSSR count). The molecule has 1 fully saturated rings. The Balaban J connectivity index is 1.40. The van der Waals surface area contributed by atoms with Crippen LogP contribution < -0.4 is 0 Å². The number of amidine groups is 1. The zero-order valence-electron chi connectivity index (χ0n) is 12.9. The quantitative estimate of drug-likeness (QED) is 0.853. The molecule has 0 spiro atoms. The molecular weight excluding hydrogens is 310 g/mol. The summed E-state index contributed by atoms with van der Waals surface area (Å²) in [5.41, 5.74) is 2.22. The number of morpholine rings is 1. The van der Waals surface area contributed by atoms with Crippen LogP contribution in [0.2, 0.25) is 0 Å². The van der Waals surface area contributed by atoms with E-state index in [0.29, 0.717) is 26.1 Å². The number of thioether (sulfide) groups is 1. The molecule has 3 aliphatic heterocycles. The number of hydrogen-bond donors (Lipinski definition) is 0. The molecule has 1 amide bonds. The van der Waals surface area contributed by atoms with Crippen LogP contribution in [0.1, 0.15) is 18.1 Å². The summed E-state index contributed by atoms with van der Waals surface area (Å²) in [6, 6.07) is 10.1. The van der Waals surface area contributed by atoms with Gasteiger partial charge in [-0.3, -0.25) is 9.79 Å². The van der Waals surface area contributed by atoms with Gasteiger partial charge in [-0.25, -0.2) is 0 Å². The lowest BCUT2D eigenvalue weighted by molar-refractivity contribution is -0.138. The maximum absolute atomic E-state index is 12.7. The van der Waals surface area contributed by atoms with E-state index in [1.807, 2.05) is 23.1 Å². The van der Waals surface area contributed by atoms with Gasteiger partial charge in [-0.15, -0.1) is 0 Å². The topological polar surface area (TPSA) is 45.1 Å². The maximum Gasteiger partial charge on any atom is 0.228 e. The lowest BCUT2D eigenvalue weighted by Crippen LogP contribution is -2.42. The van der Waals surface area contributed by atoms with Crippen molar-refractivity contribution in [1.82, 2.24) is 9.80 Å². The van der Waals surface area contributed by atoms with E-state index in [2.05, 4.69) is 27.4 Å². The van der Waals surface area contributed by atoms with Crippen molar-refractivity contribution in [2.45, 2.75) is 12.5 Å². The van der Waals surface area contributed by atoms with Gasteiger partial charge in [0, 0.05) is 18.8 Å². The molecule has 5 nitrogen and oxygen atoms in total. The summed E-state index contributed by atoms with van der Waals surface area (Å²) in [4.78, 5) is 21.2. The summed E-state index contributed by atoms with van der Waals surface area (Å²) < 4.78 is 5.84. The normalized spacial score (nSPS) is 23.6. The molecule has 6 heteroatoms. The standard InChI is InChI=1S/C17H19N3O2S/c21-16(10-14-12-23-17-18-6-7-20(14)17)19-8-9-22-15(11-19)13-4-2-1-3-5-13/h1-5,12,15H,6-11H2/t15-/m0/s1. The van der Waals surface area contributed by atoms with Gasteiger partial charge in [-0.2, -0.15) is 0 Å². The summed E-state index contributed by atoms with van der Waals surface area (Å²) in [5, 5.41) is 3.10. The first-order valence-corrected chi connectivity index (χ1v) is 8.81. The molecule has 23 heavy (non-hydrogen) atoms. The van der Waals surface area contributed by atoms with Gasteiger partial charge >= 0.3 is 0 Å². The average Bonchev–Trinajstić information content (AvgIpc) is 3.21. The number of fused-ring (bicyclic) bond motifs is 1. The summed E-state index contributed by atoms with van der Waals surface area (Å²) in [5.74, 6) is 0.175. The van der Waals surface area contributed by atoms with Crippen LogP contribution in [0.4, 0.5) is 0 Å². The number of nitrogens with zero attached hydrogens (tertiary/aromatic N) is 3. The highest BCUT2D eigenvalue weighted by molar-refractivity contribution is 8.16. The zero-order valence-corrected chi connectivity index (χ0v) is 13.7. The third kappa shape index (κ3) is 3.01. The zero-order chi connectivity index (χ0) is 15.6. The van der Waals surface area contributed by atoms with E-state index in [4.69, 9.17) is 4.74 Å². The lowest BCUT2D eigenvalue weighted by Gasteiger charge is -2.33. The summed E-state index contributed by atoms with van der Waals surface area (Å²) in [7, 11) is 0. The second-order valence-corrected chi connectivity index (χ2v) is 6.67. The molecule has 1 aromatic carbocycles. The SMILES string of the molecule is O=C(CC1=CSC2=NCCN12)N1CCO[C@H](c2ccccc2)C1. The predicted octanol–water partition coefficient (Wildman–Crippen LogP) is 2.24. The first kappa shape index (κ1) is 14.8. The number of hydrogen-bond acceptors (Lipinski definition) is 5. The smallest absolute Gasteiger partial charge is 0.228 e. The highest BCUT2D eigenvalue weighted by atomic mass is 32.2. The van der Waals surface area contributed by atoms with E-state index in [9.17, 15) is 4.79 Å². The minimum atomic E-state index is -0.0234. The van der Waals surface area contributed by atoms with E-state index in [1.54, 1.807) is 11.8 Å². The summed E-state index contributed by atoms with van der Waals surface area (Å²) in [6.45, 7) is 3.63. The molecule has 1 aromatic rings. The van der Waals surface area contributed by atoms with E-state index in [-0.39, 0.29) is 12.0 Å². The van der Waals surface area contributed by atoms with E-state index >= 15 is 0 Å². The summed E-state index contributed by atoms with van der Waals surface area (Å²) >= 11 is 1.63. The average molecular weight is 329 g/mol. The molecule has 3 heterocycles. The van der Waals surface area contributed by atoms with Gasteiger partial charge in [-0.1, -0.05) is 42.1 Å². The number of amides is 1. The Morgan fingerprint density at radius 3 is 3.04 bits per heavy atom. The lowest BCUT2D eigenvalue weighted by atomic mass is 10.1. The highest BCUT2D eigenvalue weighted by Crippen LogP contribution is 2.31. The van der Waals surface area contributed by atoms with Crippen molar-refractivity contribution in [2.24, 2.45) is 4.99 Å². The van der Waals surface area contributed by atoms with Crippen molar-refractivity contribution in [1.29, 1.82) is 0 Å². The minimum Gasteiger partial charge on any atom is -0.370 e. The van der Waals surface area contributed by atoms with Crippen molar-refractivity contribution in [2.75, 3.05) is 32.8 Å². The van der Waals surface area contributed by atoms with E-state index in [0.717, 1.165) is 29.5 Å². The molecule has 0 N–H and O–H groups in total. The fourth-order valence-corrected chi connectivity index (χ4v) is 4.08. The van der Waals surface area contributed by atoms with Crippen molar-refractivity contribution in [3.8, 4) is 0 Å². The van der Waals surface area contributed by atoms with E-state index < -0.39 is 0 Å². The molecule has 0 aliphatic carbocycles. The van der Waals surface area contributed by atoms with Crippen molar-refractivity contribution in [3.05, 3.63) is 47.0 Å².